The van der Waals surface area contributed by atoms with E-state index in [1.165, 1.54) is 45.0 Å². The van der Waals surface area contributed by atoms with Crippen LogP contribution in [0.3, 0.4) is 0 Å². The summed E-state index contributed by atoms with van der Waals surface area (Å²) in [7, 11) is -1.22. The lowest BCUT2D eigenvalue weighted by molar-refractivity contribution is -0.148. The van der Waals surface area contributed by atoms with Crippen LogP contribution in [0.2, 0.25) is 0 Å². The lowest BCUT2D eigenvalue weighted by atomic mass is 9.58. The number of aromatic nitrogens is 1. The number of aromatic hydroxyl groups is 1. The molecular formula is C26H28N4O10S. The van der Waals surface area contributed by atoms with Gasteiger partial charge in [0.1, 0.15) is 22.8 Å². The van der Waals surface area contributed by atoms with E-state index in [1.54, 1.807) is 0 Å². The van der Waals surface area contributed by atoms with Gasteiger partial charge in [-0.2, -0.15) is 0 Å². The highest BCUT2D eigenvalue weighted by molar-refractivity contribution is 7.92. The molecule has 2 aromatic rings. The first-order valence-corrected chi connectivity index (χ1v) is 14.0. The quantitative estimate of drug-likeness (QED) is 0.207. The van der Waals surface area contributed by atoms with Crippen LogP contribution in [0.1, 0.15) is 33.8 Å². The fourth-order valence-corrected chi connectivity index (χ4v) is 7.76. The number of hydrogen-bond donors (Lipinski definition) is 6. The number of rotatable bonds is 5. The van der Waals surface area contributed by atoms with Gasteiger partial charge in [-0.1, -0.05) is 11.2 Å². The number of benzene rings is 1. The summed E-state index contributed by atoms with van der Waals surface area (Å²) in [6, 6.07) is 1.63. The van der Waals surface area contributed by atoms with Crippen molar-refractivity contribution in [1.82, 2.24) is 10.1 Å². The predicted octanol–water partition coefficient (Wildman–Crippen LogP) is 0.526. The van der Waals surface area contributed by atoms with E-state index in [-0.39, 0.29) is 46.0 Å². The van der Waals surface area contributed by atoms with Gasteiger partial charge in [0, 0.05) is 11.5 Å². The highest BCUT2D eigenvalue weighted by Crippen LogP contribution is 2.52. The Morgan fingerprint density at radius 3 is 2.41 bits per heavy atom. The summed E-state index contributed by atoms with van der Waals surface area (Å²) in [6.45, 7) is 2.82. The number of phenolic OH excluding ortho intramolecular Hbond substituents is 1. The van der Waals surface area contributed by atoms with Crippen LogP contribution in [0.4, 0.5) is 5.69 Å². The van der Waals surface area contributed by atoms with Crippen molar-refractivity contribution >= 4 is 33.2 Å². The minimum absolute atomic E-state index is 0.00930. The maximum Gasteiger partial charge on any atom is 0.267 e. The largest absolute Gasteiger partial charge is 0.510 e. The lowest BCUT2D eigenvalue weighted by Gasteiger charge is -2.50. The van der Waals surface area contributed by atoms with Gasteiger partial charge in [-0.15, -0.1) is 0 Å². The molecule has 0 aliphatic heterocycles. The van der Waals surface area contributed by atoms with E-state index in [0.29, 0.717) is 5.56 Å². The number of aliphatic hydroxyl groups excluding tert-OH is 2. The number of carbonyl (C=O) groups excluding carboxylic acids is 3. The molecule has 218 valence electrons. The SMILES string of the molecule is Cc1noc(C)c1S(=O)(=O)Nc1ccc2c(c1O)C(=O)C1=C(O)[C@]3(O)C(=O)C(C(N)=O)=C(O)[C@@H](N(C)C)[C@@H]3C[C@@H]1C2. The Morgan fingerprint density at radius 1 is 1.20 bits per heavy atom. The number of ketones is 2. The zero-order chi connectivity index (χ0) is 30.3. The summed E-state index contributed by atoms with van der Waals surface area (Å²) >= 11 is 0. The van der Waals surface area contributed by atoms with Gasteiger partial charge >= 0.3 is 0 Å². The van der Waals surface area contributed by atoms with Crippen LogP contribution in [0, 0.1) is 25.7 Å². The first-order valence-electron chi connectivity index (χ1n) is 12.5. The summed E-state index contributed by atoms with van der Waals surface area (Å²) in [4.78, 5) is 40.5. The minimum atomic E-state index is -4.30. The summed E-state index contributed by atoms with van der Waals surface area (Å²) < 4.78 is 33.2. The first-order chi connectivity index (χ1) is 19.0. The lowest BCUT2D eigenvalue weighted by Crippen LogP contribution is -2.63. The average Bonchev–Trinajstić information content (AvgIpc) is 3.21. The number of nitrogens with one attached hydrogen (secondary N) is 1. The predicted molar refractivity (Wildman–Crippen MR) is 140 cm³/mol. The number of anilines is 1. The van der Waals surface area contributed by atoms with Crippen LogP contribution in [0.15, 0.2) is 44.2 Å². The number of primary amides is 1. The number of sulfonamides is 1. The van der Waals surface area contributed by atoms with Crippen molar-refractivity contribution in [3.05, 3.63) is 57.4 Å². The van der Waals surface area contributed by atoms with Crippen LogP contribution in [-0.4, -0.2) is 82.1 Å². The van der Waals surface area contributed by atoms with Crippen molar-refractivity contribution in [2.45, 2.75) is 43.2 Å². The molecule has 0 spiro atoms. The molecule has 3 aliphatic rings. The molecule has 7 N–H and O–H groups in total. The Hall–Kier alpha value is -4.21. The molecule has 15 heteroatoms. The fraction of sp³-hybridized carbons (Fsp3) is 0.385. The second kappa shape index (κ2) is 9.15. The minimum Gasteiger partial charge on any atom is -0.510 e. The Balaban J connectivity index is 1.63. The van der Waals surface area contributed by atoms with Crippen molar-refractivity contribution in [2.75, 3.05) is 18.8 Å². The second-order valence-electron chi connectivity index (χ2n) is 10.7. The number of allylic oxidation sites excluding steroid dienone is 1. The Labute approximate surface area is 233 Å². The van der Waals surface area contributed by atoms with E-state index in [1.807, 2.05) is 0 Å². The summed E-state index contributed by atoms with van der Waals surface area (Å²) in [5, 5.41) is 48.5. The fourth-order valence-electron chi connectivity index (χ4n) is 6.36. The number of aryl methyl sites for hydroxylation is 2. The van der Waals surface area contributed by atoms with E-state index >= 15 is 0 Å². The molecule has 0 saturated heterocycles. The molecule has 0 radical (unpaired) electrons. The maximum absolute atomic E-state index is 13.8. The van der Waals surface area contributed by atoms with Crippen LogP contribution in [0.5, 0.6) is 5.75 Å². The van der Waals surface area contributed by atoms with Gasteiger partial charge in [0.25, 0.3) is 15.9 Å². The second-order valence-corrected chi connectivity index (χ2v) is 12.3. The summed E-state index contributed by atoms with van der Waals surface area (Å²) in [5.74, 6) is -7.90. The number of carbonyl (C=O) groups is 3. The Kier molecular flexibility index (Phi) is 6.32. The number of nitrogens with zero attached hydrogens (tertiary/aromatic N) is 2. The average molecular weight is 589 g/mol. The molecule has 0 saturated carbocycles. The molecule has 0 fully saturated rings. The van der Waals surface area contributed by atoms with Crippen LogP contribution in [0.25, 0.3) is 0 Å². The van der Waals surface area contributed by atoms with Gasteiger partial charge < -0.3 is 30.7 Å². The number of aliphatic hydroxyl groups is 3. The molecule has 14 nitrogen and oxygen atoms in total. The number of phenols is 1. The maximum atomic E-state index is 13.8. The van der Waals surface area contributed by atoms with E-state index < -0.39 is 73.8 Å². The number of fused-ring (bicyclic) bond motifs is 3. The smallest absolute Gasteiger partial charge is 0.267 e. The number of amides is 1. The summed E-state index contributed by atoms with van der Waals surface area (Å²) in [6.07, 6.45) is 0.00590. The van der Waals surface area contributed by atoms with Gasteiger partial charge in [0.2, 0.25) is 5.78 Å². The molecule has 0 unspecified atom stereocenters. The molecule has 1 aromatic carbocycles. The molecule has 1 heterocycles. The molecule has 4 atom stereocenters. The Bertz CT molecular complexity index is 1700. The van der Waals surface area contributed by atoms with Gasteiger partial charge in [-0.25, -0.2) is 8.42 Å². The highest BCUT2D eigenvalue weighted by atomic mass is 32.2. The van der Waals surface area contributed by atoms with E-state index in [2.05, 4.69) is 9.88 Å². The molecule has 1 amide bonds. The highest BCUT2D eigenvalue weighted by Gasteiger charge is 2.63. The van der Waals surface area contributed by atoms with Gasteiger partial charge in [0.15, 0.2) is 27.8 Å². The van der Waals surface area contributed by atoms with Crippen molar-refractivity contribution in [2.24, 2.45) is 17.6 Å². The number of hydrogen-bond acceptors (Lipinski definition) is 12. The summed E-state index contributed by atoms with van der Waals surface area (Å²) in [5.41, 5.74) is 1.04. The topological polar surface area (TPSA) is 234 Å². The molecule has 5 rings (SSSR count). The third-order valence-corrected chi connectivity index (χ3v) is 9.68. The van der Waals surface area contributed by atoms with Crippen molar-refractivity contribution in [3.8, 4) is 5.75 Å². The normalized spacial score (nSPS) is 26.1. The number of likely N-dealkylation sites (N-methyl/N-ethyl adjacent to an activating group) is 1. The third kappa shape index (κ3) is 3.87. The van der Waals surface area contributed by atoms with Crippen LogP contribution in [-0.2, 0) is 26.0 Å². The zero-order valence-corrected chi connectivity index (χ0v) is 23.2. The van der Waals surface area contributed by atoms with E-state index in [4.69, 9.17) is 10.3 Å². The van der Waals surface area contributed by atoms with Crippen molar-refractivity contribution in [3.63, 3.8) is 0 Å². The van der Waals surface area contributed by atoms with Gasteiger partial charge in [0.05, 0.1) is 17.3 Å². The Morgan fingerprint density at radius 2 is 1.85 bits per heavy atom. The van der Waals surface area contributed by atoms with E-state index in [0.717, 1.165) is 0 Å². The van der Waals surface area contributed by atoms with Gasteiger partial charge in [-0.3, -0.25) is 24.0 Å². The monoisotopic (exact) mass is 588 g/mol. The molecule has 3 aliphatic carbocycles. The van der Waals surface area contributed by atoms with Crippen molar-refractivity contribution < 1.29 is 47.8 Å². The molecule has 1 aromatic heterocycles. The molecule has 41 heavy (non-hydrogen) atoms. The molecular weight excluding hydrogens is 560 g/mol. The zero-order valence-electron chi connectivity index (χ0n) is 22.4. The number of Topliss-reactive ketones (excluding diaryl/α,β-unsaturated/α-hetero) is 2. The van der Waals surface area contributed by atoms with Gasteiger partial charge in [-0.05, 0) is 58.3 Å². The molecule has 0 bridgehead atoms. The van der Waals surface area contributed by atoms with Crippen LogP contribution < -0.4 is 10.5 Å². The van der Waals surface area contributed by atoms with Crippen LogP contribution >= 0.6 is 0 Å². The standard InChI is InChI=1S/C26H28N4O10S/c1-9-22(10(2)40-28-9)41(38,39)29-14-6-5-11-7-12-8-13-18(30(3)4)21(33)17(25(27)36)24(35)26(13,37)23(34)16(12)20(32)15(11)19(14)31/h5-6,12-13,18,29,31,33-34,37H,7-8H2,1-4H3,(H2,27,36)/t12-,13-,18-,26-/m0/s1. The first kappa shape index (κ1) is 28.3. The number of nitrogens with two attached hydrogens (primary N) is 1. The van der Waals surface area contributed by atoms with Crippen molar-refractivity contribution in [1.29, 1.82) is 0 Å². The third-order valence-electron chi connectivity index (χ3n) is 8.08. The van der Waals surface area contributed by atoms with E-state index in [9.17, 15) is 43.2 Å².